The van der Waals surface area contributed by atoms with Gasteiger partial charge >= 0.3 is 17.9 Å². The molecule has 0 spiro atoms. The molecule has 3 aliphatic carbocycles. The molecule has 7 atom stereocenters. The minimum absolute atomic E-state index is 0.0903. The Kier molecular flexibility index (Phi) is 7.43. The average molecular weight is 487 g/mol. The minimum atomic E-state index is -0.815. The van der Waals surface area contributed by atoms with Crippen molar-refractivity contribution in [1.29, 1.82) is 0 Å². The number of unbranched alkanes of at least 4 members (excludes halogenated alkanes) is 1. The highest BCUT2D eigenvalue weighted by Crippen LogP contribution is 2.62. The summed E-state index contributed by atoms with van der Waals surface area (Å²) in [5, 5.41) is 0. The standard InChI is InChI=1S/C28H38O7/c1-6-7-14-32-20-9-11-21-19(15-20)8-10-23-22(21)12-13-28(5)24(23)25(33-16(2)29)26(34-17(3)30)27(28)35-18(4)31/h9,11,15,22-27H,6-8,10,12-14H2,1-5H3/t22?,23?,24-,25-,26-,27+,28+/m1/s1. The molecule has 0 radical (unpaired) electrons. The van der Waals surface area contributed by atoms with Crippen molar-refractivity contribution in [2.75, 3.05) is 6.61 Å². The van der Waals surface area contributed by atoms with E-state index in [2.05, 4.69) is 32.0 Å². The van der Waals surface area contributed by atoms with Crippen molar-refractivity contribution in [3.63, 3.8) is 0 Å². The summed E-state index contributed by atoms with van der Waals surface area (Å²) in [4.78, 5) is 36.3. The fourth-order valence-electron chi connectivity index (χ4n) is 7.00. The molecule has 1 aromatic carbocycles. The van der Waals surface area contributed by atoms with E-state index in [9.17, 15) is 14.4 Å². The maximum atomic E-state index is 12.2. The van der Waals surface area contributed by atoms with Crippen LogP contribution in [0.15, 0.2) is 18.2 Å². The molecule has 0 saturated heterocycles. The van der Waals surface area contributed by atoms with Crippen molar-refractivity contribution >= 4 is 17.9 Å². The van der Waals surface area contributed by atoms with Gasteiger partial charge in [0.05, 0.1) is 6.61 Å². The third-order valence-corrected chi connectivity index (χ3v) is 8.28. The average Bonchev–Trinajstić information content (AvgIpc) is 3.00. The molecular formula is C28H38O7. The van der Waals surface area contributed by atoms with Crippen molar-refractivity contribution in [1.82, 2.24) is 0 Å². The third kappa shape index (κ3) is 4.91. The van der Waals surface area contributed by atoms with Crippen molar-refractivity contribution < 1.29 is 33.3 Å². The monoisotopic (exact) mass is 486 g/mol. The number of carbonyl (C=O) groups is 3. The molecular weight excluding hydrogens is 448 g/mol. The van der Waals surface area contributed by atoms with E-state index in [0.717, 1.165) is 50.9 Å². The first-order valence-corrected chi connectivity index (χ1v) is 12.9. The van der Waals surface area contributed by atoms with Crippen molar-refractivity contribution in [2.45, 2.75) is 97.4 Å². The number of rotatable bonds is 7. The van der Waals surface area contributed by atoms with Gasteiger partial charge in [0.25, 0.3) is 0 Å². The smallest absolute Gasteiger partial charge is 0.303 e. The Balaban J connectivity index is 1.68. The Morgan fingerprint density at radius 3 is 2.31 bits per heavy atom. The van der Waals surface area contributed by atoms with Crippen LogP contribution in [0.5, 0.6) is 5.75 Å². The zero-order chi connectivity index (χ0) is 25.3. The van der Waals surface area contributed by atoms with Crippen LogP contribution in [0.4, 0.5) is 0 Å². The SMILES string of the molecule is CCCCOc1ccc2c(c1)CCC1C2CC[C@@]2(C)[C@H]1[C@@H](OC(C)=O)[C@@H](OC(C)=O)[C@@H]2OC(C)=O. The van der Waals surface area contributed by atoms with Crippen molar-refractivity contribution in [2.24, 2.45) is 17.3 Å². The second-order valence-corrected chi connectivity index (χ2v) is 10.6. The van der Waals surface area contributed by atoms with Gasteiger partial charge < -0.3 is 18.9 Å². The zero-order valence-electron chi connectivity index (χ0n) is 21.5. The predicted molar refractivity (Wildman–Crippen MR) is 129 cm³/mol. The number of benzene rings is 1. The van der Waals surface area contributed by atoms with Gasteiger partial charge in [0.1, 0.15) is 18.0 Å². The first-order valence-electron chi connectivity index (χ1n) is 12.9. The molecule has 0 aliphatic heterocycles. The molecule has 2 saturated carbocycles. The highest BCUT2D eigenvalue weighted by atomic mass is 16.6. The molecule has 192 valence electrons. The second kappa shape index (κ2) is 10.2. The van der Waals surface area contributed by atoms with E-state index in [-0.39, 0.29) is 11.8 Å². The molecule has 7 nitrogen and oxygen atoms in total. The molecule has 3 aliphatic rings. The van der Waals surface area contributed by atoms with Gasteiger partial charge in [-0.2, -0.15) is 0 Å². The van der Waals surface area contributed by atoms with E-state index in [0.29, 0.717) is 5.92 Å². The Labute approximate surface area is 207 Å². The van der Waals surface area contributed by atoms with Gasteiger partial charge in [-0.3, -0.25) is 14.4 Å². The number of aryl methyl sites for hydroxylation is 1. The van der Waals surface area contributed by atoms with Crippen molar-refractivity contribution in [3.8, 4) is 5.75 Å². The lowest BCUT2D eigenvalue weighted by Gasteiger charge is -2.50. The van der Waals surface area contributed by atoms with E-state index in [1.807, 2.05) is 0 Å². The van der Waals surface area contributed by atoms with Crippen LogP contribution in [0, 0.1) is 17.3 Å². The Morgan fingerprint density at radius 1 is 0.971 bits per heavy atom. The van der Waals surface area contributed by atoms with Crippen LogP contribution in [-0.2, 0) is 35.0 Å². The van der Waals surface area contributed by atoms with Gasteiger partial charge in [0.15, 0.2) is 6.10 Å². The van der Waals surface area contributed by atoms with Gasteiger partial charge in [0, 0.05) is 32.1 Å². The first kappa shape index (κ1) is 25.5. The largest absolute Gasteiger partial charge is 0.494 e. The summed E-state index contributed by atoms with van der Waals surface area (Å²) < 4.78 is 23.3. The highest BCUT2D eigenvalue weighted by molar-refractivity contribution is 5.69. The van der Waals surface area contributed by atoms with Crippen LogP contribution in [-0.4, -0.2) is 42.8 Å². The van der Waals surface area contributed by atoms with Gasteiger partial charge in [-0.05, 0) is 67.2 Å². The summed E-state index contributed by atoms with van der Waals surface area (Å²) in [6, 6.07) is 6.43. The minimum Gasteiger partial charge on any atom is -0.494 e. The molecule has 7 heteroatoms. The van der Waals surface area contributed by atoms with E-state index in [4.69, 9.17) is 18.9 Å². The van der Waals surface area contributed by atoms with Crippen LogP contribution in [0.1, 0.15) is 83.8 Å². The Hall–Kier alpha value is -2.57. The van der Waals surface area contributed by atoms with E-state index < -0.39 is 41.6 Å². The maximum absolute atomic E-state index is 12.2. The van der Waals surface area contributed by atoms with E-state index in [1.54, 1.807) is 0 Å². The van der Waals surface area contributed by atoms with Crippen LogP contribution >= 0.6 is 0 Å². The van der Waals surface area contributed by atoms with Crippen LogP contribution < -0.4 is 4.74 Å². The molecule has 0 aromatic heterocycles. The molecule has 0 bridgehead atoms. The van der Waals surface area contributed by atoms with Crippen LogP contribution in [0.3, 0.4) is 0 Å². The fourth-order valence-corrected chi connectivity index (χ4v) is 7.00. The number of hydrogen-bond acceptors (Lipinski definition) is 7. The number of hydrogen-bond donors (Lipinski definition) is 0. The molecule has 0 amide bonds. The van der Waals surface area contributed by atoms with E-state index >= 15 is 0 Å². The van der Waals surface area contributed by atoms with Gasteiger partial charge in [-0.1, -0.05) is 26.3 Å². The fraction of sp³-hybridized carbons (Fsp3) is 0.679. The number of fused-ring (bicyclic) bond motifs is 5. The highest BCUT2D eigenvalue weighted by Gasteiger charge is 2.67. The Morgan fingerprint density at radius 2 is 1.66 bits per heavy atom. The lowest BCUT2D eigenvalue weighted by molar-refractivity contribution is -0.178. The summed E-state index contributed by atoms with van der Waals surface area (Å²) >= 11 is 0. The number of esters is 3. The second-order valence-electron chi connectivity index (χ2n) is 10.6. The van der Waals surface area contributed by atoms with Crippen LogP contribution in [0.2, 0.25) is 0 Å². The van der Waals surface area contributed by atoms with Crippen molar-refractivity contribution in [3.05, 3.63) is 29.3 Å². The quantitative estimate of drug-likeness (QED) is 0.313. The lowest BCUT2D eigenvalue weighted by atomic mass is 9.55. The molecule has 0 heterocycles. The van der Waals surface area contributed by atoms with Gasteiger partial charge in [0.2, 0.25) is 0 Å². The summed E-state index contributed by atoms with van der Waals surface area (Å²) in [5.74, 6) is 0.0113. The molecule has 35 heavy (non-hydrogen) atoms. The summed E-state index contributed by atoms with van der Waals surface area (Å²) in [6.07, 6.45) is 3.54. The third-order valence-electron chi connectivity index (χ3n) is 8.28. The molecule has 2 fully saturated rings. The normalized spacial score (nSPS) is 33.1. The van der Waals surface area contributed by atoms with E-state index in [1.165, 1.54) is 31.9 Å². The number of carbonyl (C=O) groups excluding carboxylic acids is 3. The summed E-state index contributed by atoms with van der Waals surface area (Å²) in [6.45, 7) is 9.04. The molecule has 0 N–H and O–H groups in total. The van der Waals surface area contributed by atoms with Crippen LogP contribution in [0.25, 0.3) is 0 Å². The summed E-state index contributed by atoms with van der Waals surface area (Å²) in [5.41, 5.74) is 2.18. The Bertz CT molecular complexity index is 972. The summed E-state index contributed by atoms with van der Waals surface area (Å²) in [7, 11) is 0. The first-order chi connectivity index (χ1) is 16.7. The molecule has 4 rings (SSSR count). The molecule has 1 aromatic rings. The topological polar surface area (TPSA) is 88.1 Å². The predicted octanol–water partition coefficient (Wildman–Crippen LogP) is 4.74. The molecule has 2 unspecified atom stereocenters. The number of ether oxygens (including phenoxy) is 4. The maximum Gasteiger partial charge on any atom is 0.303 e. The van der Waals surface area contributed by atoms with Gasteiger partial charge in [-0.25, -0.2) is 0 Å². The zero-order valence-corrected chi connectivity index (χ0v) is 21.5. The lowest BCUT2D eigenvalue weighted by Crippen LogP contribution is -2.47. The van der Waals surface area contributed by atoms with Gasteiger partial charge in [-0.15, -0.1) is 0 Å².